The van der Waals surface area contributed by atoms with Gasteiger partial charge in [0.25, 0.3) is 0 Å². The van der Waals surface area contributed by atoms with Gasteiger partial charge in [0, 0.05) is 29.2 Å². The van der Waals surface area contributed by atoms with Crippen molar-refractivity contribution < 1.29 is 23.4 Å². The minimum atomic E-state index is -2.92. The topological polar surface area (TPSA) is 49.8 Å². The molecule has 2 rings (SSSR count). The van der Waals surface area contributed by atoms with Gasteiger partial charge in [-0.05, 0) is 37.1 Å². The summed E-state index contributed by atoms with van der Waals surface area (Å²) in [7, 11) is 0. The molecule has 1 fully saturated rings. The molecule has 0 aliphatic carbocycles. The summed E-state index contributed by atoms with van der Waals surface area (Å²) < 4.78 is 29.9. The van der Waals surface area contributed by atoms with Gasteiger partial charge in [0.2, 0.25) is 5.91 Å². The van der Waals surface area contributed by atoms with Crippen molar-refractivity contribution in [1.82, 2.24) is 4.90 Å². The van der Waals surface area contributed by atoms with Crippen molar-refractivity contribution in [2.24, 2.45) is 0 Å². The molecule has 1 aromatic rings. The van der Waals surface area contributed by atoms with Gasteiger partial charge in [-0.1, -0.05) is 15.9 Å². The number of hydrogen-bond acceptors (Lipinski definition) is 3. The van der Waals surface area contributed by atoms with Crippen LogP contribution in [0.1, 0.15) is 18.4 Å². The number of benzene rings is 1. The Balaban J connectivity index is 2.08. The summed E-state index contributed by atoms with van der Waals surface area (Å²) in [6, 6.07) is 4.60. The Morgan fingerprint density at radius 2 is 2.09 bits per heavy atom. The smallest absolute Gasteiger partial charge is 0.387 e. The quantitative estimate of drug-likeness (QED) is 0.822. The van der Waals surface area contributed by atoms with Crippen molar-refractivity contribution in [2.75, 3.05) is 13.1 Å². The van der Waals surface area contributed by atoms with Crippen LogP contribution in [0.15, 0.2) is 28.7 Å². The zero-order valence-corrected chi connectivity index (χ0v) is 13.3. The number of halogens is 3. The second kappa shape index (κ2) is 7.69. The Morgan fingerprint density at radius 3 is 2.73 bits per heavy atom. The van der Waals surface area contributed by atoms with Crippen LogP contribution in [-0.4, -0.2) is 41.7 Å². The largest absolute Gasteiger partial charge is 0.434 e. The number of rotatable bonds is 4. The number of ether oxygens (including phenoxy) is 1. The molecule has 4 nitrogen and oxygen atoms in total. The molecule has 0 aromatic heterocycles. The lowest BCUT2D eigenvalue weighted by atomic mass is 10.1. The van der Waals surface area contributed by atoms with Gasteiger partial charge in [-0.15, -0.1) is 0 Å². The van der Waals surface area contributed by atoms with Crippen molar-refractivity contribution in [3.05, 3.63) is 34.3 Å². The molecular weight excluding hydrogens is 360 g/mol. The molecule has 0 saturated carbocycles. The number of aliphatic hydroxyl groups is 1. The highest BCUT2D eigenvalue weighted by atomic mass is 79.9. The molecule has 1 aliphatic rings. The summed E-state index contributed by atoms with van der Waals surface area (Å²) in [6.07, 6.45) is 3.53. The predicted molar refractivity (Wildman–Crippen MR) is 81.6 cm³/mol. The Hall–Kier alpha value is -1.47. The Kier molecular flexibility index (Phi) is 5.90. The van der Waals surface area contributed by atoms with Crippen molar-refractivity contribution >= 4 is 27.9 Å². The zero-order valence-electron chi connectivity index (χ0n) is 11.7. The van der Waals surface area contributed by atoms with E-state index in [4.69, 9.17) is 0 Å². The van der Waals surface area contributed by atoms with E-state index < -0.39 is 6.61 Å². The normalized spacial score (nSPS) is 16.5. The molecule has 1 N–H and O–H groups in total. The lowest BCUT2D eigenvalue weighted by Crippen LogP contribution is -2.39. The van der Waals surface area contributed by atoms with Crippen LogP contribution in [0.25, 0.3) is 6.08 Å². The van der Waals surface area contributed by atoms with E-state index in [9.17, 15) is 18.7 Å². The van der Waals surface area contributed by atoms with Crippen LogP contribution in [-0.2, 0) is 4.79 Å². The van der Waals surface area contributed by atoms with Crippen molar-refractivity contribution in [2.45, 2.75) is 25.6 Å². The molecule has 1 aromatic carbocycles. The van der Waals surface area contributed by atoms with Crippen LogP contribution in [0.2, 0.25) is 0 Å². The maximum absolute atomic E-state index is 12.4. The van der Waals surface area contributed by atoms with Crippen LogP contribution in [0.4, 0.5) is 8.78 Å². The molecule has 0 atom stereocenters. The molecule has 1 amide bonds. The SMILES string of the molecule is O=C(/C=C/c1cc(Br)ccc1OC(F)F)N1CCC(O)CC1. The van der Waals surface area contributed by atoms with Crippen LogP contribution < -0.4 is 4.74 Å². The maximum atomic E-state index is 12.4. The lowest BCUT2D eigenvalue weighted by Gasteiger charge is -2.28. The number of hydrogen-bond donors (Lipinski definition) is 1. The number of amides is 1. The molecule has 120 valence electrons. The Morgan fingerprint density at radius 1 is 1.41 bits per heavy atom. The molecule has 1 saturated heterocycles. The second-order valence-electron chi connectivity index (χ2n) is 4.95. The van der Waals surface area contributed by atoms with Gasteiger partial charge in [-0.3, -0.25) is 4.79 Å². The number of aliphatic hydroxyl groups excluding tert-OH is 1. The number of alkyl halides is 2. The molecule has 1 heterocycles. The van der Waals surface area contributed by atoms with Crippen LogP contribution >= 0.6 is 15.9 Å². The molecule has 0 radical (unpaired) electrons. The zero-order chi connectivity index (χ0) is 16.1. The molecule has 1 aliphatic heterocycles. The number of carbonyl (C=O) groups excluding carboxylic acids is 1. The highest BCUT2D eigenvalue weighted by molar-refractivity contribution is 9.10. The average Bonchev–Trinajstić information content (AvgIpc) is 2.47. The minimum Gasteiger partial charge on any atom is -0.434 e. The maximum Gasteiger partial charge on any atom is 0.387 e. The Bertz CT molecular complexity index is 558. The monoisotopic (exact) mass is 375 g/mol. The molecule has 7 heteroatoms. The van der Waals surface area contributed by atoms with E-state index in [0.717, 1.165) is 0 Å². The van der Waals surface area contributed by atoms with Gasteiger partial charge in [0.1, 0.15) is 5.75 Å². The molecule has 0 spiro atoms. The summed E-state index contributed by atoms with van der Waals surface area (Å²) in [5.74, 6) is -0.203. The van der Waals surface area contributed by atoms with Crippen molar-refractivity contribution in [3.8, 4) is 5.75 Å². The first-order valence-electron chi connectivity index (χ1n) is 6.85. The van der Waals surface area contributed by atoms with Crippen molar-refractivity contribution in [3.63, 3.8) is 0 Å². The molecule has 22 heavy (non-hydrogen) atoms. The lowest BCUT2D eigenvalue weighted by molar-refractivity contribution is -0.127. The van der Waals surface area contributed by atoms with E-state index in [-0.39, 0.29) is 17.8 Å². The number of piperidine rings is 1. The first-order valence-corrected chi connectivity index (χ1v) is 7.64. The van der Waals surface area contributed by atoms with Crippen LogP contribution in [0.5, 0.6) is 5.75 Å². The number of carbonyl (C=O) groups is 1. The fourth-order valence-corrected chi connectivity index (χ4v) is 2.58. The fraction of sp³-hybridized carbons (Fsp3) is 0.400. The molecular formula is C15H16BrF2NO3. The average molecular weight is 376 g/mol. The van der Waals surface area contributed by atoms with Crippen molar-refractivity contribution in [1.29, 1.82) is 0 Å². The summed E-state index contributed by atoms with van der Waals surface area (Å²) >= 11 is 3.25. The number of nitrogens with zero attached hydrogens (tertiary/aromatic N) is 1. The van der Waals surface area contributed by atoms with Gasteiger partial charge >= 0.3 is 6.61 Å². The third-order valence-corrected chi connectivity index (χ3v) is 3.86. The highest BCUT2D eigenvalue weighted by Crippen LogP contribution is 2.26. The van der Waals surface area contributed by atoms with Crippen LogP contribution in [0.3, 0.4) is 0 Å². The summed E-state index contributed by atoms with van der Waals surface area (Å²) in [5, 5.41) is 9.42. The summed E-state index contributed by atoms with van der Waals surface area (Å²) in [5.41, 5.74) is 0.389. The highest BCUT2D eigenvalue weighted by Gasteiger charge is 2.19. The van der Waals surface area contributed by atoms with E-state index in [2.05, 4.69) is 20.7 Å². The molecule has 0 bridgehead atoms. The van der Waals surface area contributed by atoms with Crippen LogP contribution in [0, 0.1) is 0 Å². The Labute approximate surface area is 135 Å². The molecule has 0 unspecified atom stereocenters. The third-order valence-electron chi connectivity index (χ3n) is 3.37. The fourth-order valence-electron chi connectivity index (χ4n) is 2.21. The van der Waals surface area contributed by atoms with Gasteiger partial charge in [0.05, 0.1) is 6.10 Å². The second-order valence-corrected chi connectivity index (χ2v) is 5.87. The summed E-state index contributed by atoms with van der Waals surface area (Å²) in [6.45, 7) is -1.94. The van der Waals surface area contributed by atoms with E-state index in [1.165, 1.54) is 18.2 Å². The third kappa shape index (κ3) is 4.78. The minimum absolute atomic E-state index is 0.0105. The summed E-state index contributed by atoms with van der Waals surface area (Å²) in [4.78, 5) is 13.7. The van der Waals surface area contributed by atoms with E-state index in [0.29, 0.717) is 36.0 Å². The predicted octanol–water partition coefficient (Wildman–Crippen LogP) is 3.05. The standard InChI is InChI=1S/C15H16BrF2NO3/c16-11-2-3-13(22-15(17)18)10(9-11)1-4-14(21)19-7-5-12(20)6-8-19/h1-4,9,12,15,20H,5-8H2/b4-1+. The van der Waals surface area contributed by atoms with Gasteiger partial charge < -0.3 is 14.7 Å². The first-order chi connectivity index (χ1) is 10.5. The van der Waals surface area contributed by atoms with Gasteiger partial charge in [-0.2, -0.15) is 8.78 Å². The first kappa shape index (κ1) is 16.9. The van der Waals surface area contributed by atoms with E-state index in [1.54, 1.807) is 17.0 Å². The van der Waals surface area contributed by atoms with E-state index in [1.807, 2.05) is 0 Å². The van der Waals surface area contributed by atoms with E-state index >= 15 is 0 Å². The van der Waals surface area contributed by atoms with Gasteiger partial charge in [0.15, 0.2) is 0 Å². The number of likely N-dealkylation sites (tertiary alicyclic amines) is 1. The van der Waals surface area contributed by atoms with Gasteiger partial charge in [-0.25, -0.2) is 0 Å².